The first kappa shape index (κ1) is 16.0. The van der Waals surface area contributed by atoms with E-state index >= 15 is 0 Å². The van der Waals surface area contributed by atoms with Gasteiger partial charge in [-0.1, -0.05) is 12.1 Å². The fourth-order valence-electron chi connectivity index (χ4n) is 3.91. The number of aryl methyl sites for hydroxylation is 1. The van der Waals surface area contributed by atoms with Crippen LogP contribution in [0, 0.1) is 18.7 Å². The molecule has 2 atom stereocenters. The minimum atomic E-state index is -0.453. The summed E-state index contributed by atoms with van der Waals surface area (Å²) >= 11 is 0. The molecule has 1 aromatic carbocycles. The molecule has 0 radical (unpaired) electrons. The van der Waals surface area contributed by atoms with Crippen molar-refractivity contribution >= 4 is 11.9 Å². The highest BCUT2D eigenvalue weighted by atomic mass is 19.1. The summed E-state index contributed by atoms with van der Waals surface area (Å²) in [6.45, 7) is 4.24. The molecule has 2 saturated heterocycles. The average molecular weight is 340 g/mol. The molecule has 1 amide bonds. The van der Waals surface area contributed by atoms with E-state index in [0.717, 1.165) is 24.9 Å². The molecule has 0 bridgehead atoms. The molecule has 2 unspecified atom stereocenters. The van der Waals surface area contributed by atoms with E-state index in [9.17, 15) is 9.18 Å². The van der Waals surface area contributed by atoms with Gasteiger partial charge in [-0.05, 0) is 43.4 Å². The van der Waals surface area contributed by atoms with Crippen LogP contribution < -0.4 is 4.90 Å². The molecule has 130 valence electrons. The predicted octanol–water partition coefficient (Wildman–Crippen LogP) is 2.67. The summed E-state index contributed by atoms with van der Waals surface area (Å²) in [5.74, 6) is 0.509. The normalized spacial score (nSPS) is 22.8. The molecule has 1 aromatic heterocycles. The molecule has 0 N–H and O–H groups in total. The zero-order valence-corrected chi connectivity index (χ0v) is 14.2. The van der Waals surface area contributed by atoms with Crippen LogP contribution in [-0.2, 0) is 0 Å². The molecule has 2 aliphatic heterocycles. The Kier molecular flexibility index (Phi) is 4.11. The maximum absolute atomic E-state index is 14.0. The van der Waals surface area contributed by atoms with Crippen LogP contribution >= 0.6 is 0 Å². The second-order valence-corrected chi connectivity index (χ2v) is 6.89. The van der Waals surface area contributed by atoms with Crippen LogP contribution in [0.4, 0.5) is 10.3 Å². The van der Waals surface area contributed by atoms with Gasteiger partial charge < -0.3 is 9.80 Å². The molecule has 0 saturated carbocycles. The molecule has 2 fully saturated rings. The number of carbonyl (C=O) groups excluding carboxylic acids is 1. The Labute approximate surface area is 146 Å². The Balaban J connectivity index is 1.55. The van der Waals surface area contributed by atoms with Crippen LogP contribution in [0.1, 0.15) is 28.8 Å². The number of carbonyl (C=O) groups is 1. The highest BCUT2D eigenvalue weighted by Crippen LogP contribution is 2.33. The quantitative estimate of drug-likeness (QED) is 0.843. The van der Waals surface area contributed by atoms with E-state index in [-0.39, 0.29) is 17.5 Å². The van der Waals surface area contributed by atoms with Gasteiger partial charge in [-0.3, -0.25) is 4.79 Å². The zero-order chi connectivity index (χ0) is 17.4. The zero-order valence-electron chi connectivity index (χ0n) is 14.2. The number of rotatable bonds is 2. The van der Waals surface area contributed by atoms with Gasteiger partial charge >= 0.3 is 0 Å². The number of piperidine rings is 1. The maximum atomic E-state index is 14.0. The van der Waals surface area contributed by atoms with E-state index in [2.05, 4.69) is 14.9 Å². The number of amides is 1. The van der Waals surface area contributed by atoms with Crippen molar-refractivity contribution in [1.82, 2.24) is 14.9 Å². The molecule has 2 aliphatic rings. The van der Waals surface area contributed by atoms with E-state index < -0.39 is 5.82 Å². The van der Waals surface area contributed by atoms with Crippen molar-refractivity contribution in [3.05, 3.63) is 53.6 Å². The third-order valence-corrected chi connectivity index (χ3v) is 5.28. The number of nitrogens with zero attached hydrogens (tertiary/aromatic N) is 4. The summed E-state index contributed by atoms with van der Waals surface area (Å²) < 4.78 is 14.0. The lowest BCUT2D eigenvalue weighted by atomic mass is 9.92. The number of likely N-dealkylation sites (tertiary alicyclic amines) is 1. The highest BCUT2D eigenvalue weighted by Gasteiger charge is 2.41. The summed E-state index contributed by atoms with van der Waals surface area (Å²) in [6, 6.07) is 6.31. The van der Waals surface area contributed by atoms with Crippen molar-refractivity contribution in [1.29, 1.82) is 0 Å². The summed E-state index contributed by atoms with van der Waals surface area (Å²) in [5.41, 5.74) is 1.18. The van der Waals surface area contributed by atoms with Crippen LogP contribution in [0.5, 0.6) is 0 Å². The lowest BCUT2D eigenvalue weighted by molar-refractivity contribution is 0.0707. The first-order valence-electron chi connectivity index (χ1n) is 8.72. The Hall–Kier alpha value is -2.50. The van der Waals surface area contributed by atoms with Gasteiger partial charge in [0.05, 0.1) is 11.6 Å². The van der Waals surface area contributed by atoms with Crippen LogP contribution in [0.25, 0.3) is 0 Å². The molecule has 5 nitrogen and oxygen atoms in total. The summed E-state index contributed by atoms with van der Waals surface area (Å²) in [5, 5.41) is 0. The minimum absolute atomic E-state index is 0.0887. The number of anilines is 1. The second kappa shape index (κ2) is 6.43. The van der Waals surface area contributed by atoms with Gasteiger partial charge in [0.2, 0.25) is 5.95 Å². The molecule has 0 aliphatic carbocycles. The molecule has 6 heteroatoms. The summed E-state index contributed by atoms with van der Waals surface area (Å²) in [4.78, 5) is 25.6. The molecule has 2 aromatic rings. The van der Waals surface area contributed by atoms with E-state index in [0.29, 0.717) is 25.0 Å². The summed E-state index contributed by atoms with van der Waals surface area (Å²) in [7, 11) is 0. The van der Waals surface area contributed by atoms with E-state index in [1.54, 1.807) is 18.2 Å². The third kappa shape index (κ3) is 2.97. The predicted molar refractivity (Wildman–Crippen MR) is 92.9 cm³/mol. The van der Waals surface area contributed by atoms with Gasteiger partial charge in [-0.25, -0.2) is 14.4 Å². The fraction of sp³-hybridized carbons (Fsp3) is 0.421. The second-order valence-electron chi connectivity index (χ2n) is 6.89. The minimum Gasteiger partial charge on any atom is -0.339 e. The van der Waals surface area contributed by atoms with Crippen LogP contribution in [0.3, 0.4) is 0 Å². The molecular formula is C19H21FN4O. The van der Waals surface area contributed by atoms with Gasteiger partial charge in [-0.2, -0.15) is 0 Å². The third-order valence-electron chi connectivity index (χ3n) is 5.28. The van der Waals surface area contributed by atoms with Gasteiger partial charge in [0, 0.05) is 32.0 Å². The van der Waals surface area contributed by atoms with Gasteiger partial charge in [0.25, 0.3) is 5.91 Å². The summed E-state index contributed by atoms with van der Waals surface area (Å²) in [6.07, 6.45) is 5.60. The lowest BCUT2D eigenvalue weighted by Crippen LogP contribution is -2.50. The van der Waals surface area contributed by atoms with E-state index in [4.69, 9.17) is 0 Å². The number of halogens is 1. The molecule has 25 heavy (non-hydrogen) atoms. The first-order valence-corrected chi connectivity index (χ1v) is 8.72. The molecular weight excluding hydrogens is 319 g/mol. The number of aromatic nitrogens is 2. The number of hydrogen-bond acceptors (Lipinski definition) is 4. The van der Waals surface area contributed by atoms with Gasteiger partial charge in [0.15, 0.2) is 0 Å². The molecule has 0 spiro atoms. The topological polar surface area (TPSA) is 49.3 Å². The monoisotopic (exact) mass is 340 g/mol. The Morgan fingerprint density at radius 1 is 1.16 bits per heavy atom. The van der Waals surface area contributed by atoms with Crippen molar-refractivity contribution < 1.29 is 9.18 Å². The smallest absolute Gasteiger partial charge is 0.257 e. The van der Waals surface area contributed by atoms with E-state index in [1.165, 1.54) is 6.07 Å². The van der Waals surface area contributed by atoms with Crippen molar-refractivity contribution in [3.63, 3.8) is 0 Å². The number of fused-ring (bicyclic) bond motifs is 1. The molecule has 4 rings (SSSR count). The number of benzene rings is 1. The van der Waals surface area contributed by atoms with Crippen LogP contribution in [-0.4, -0.2) is 46.5 Å². The lowest BCUT2D eigenvalue weighted by Gasteiger charge is -2.38. The van der Waals surface area contributed by atoms with Crippen molar-refractivity contribution in [2.75, 3.05) is 24.5 Å². The fourth-order valence-corrected chi connectivity index (χ4v) is 3.91. The van der Waals surface area contributed by atoms with E-state index in [1.807, 2.05) is 24.2 Å². The first-order chi connectivity index (χ1) is 12.1. The SMILES string of the molecule is Cc1cnc(N2CCC3CCN(C(=O)c4ccccc4F)C3C2)nc1. The van der Waals surface area contributed by atoms with Crippen molar-refractivity contribution in [3.8, 4) is 0 Å². The Morgan fingerprint density at radius 2 is 1.88 bits per heavy atom. The number of hydrogen-bond donors (Lipinski definition) is 0. The molecule has 3 heterocycles. The average Bonchev–Trinajstić information content (AvgIpc) is 3.05. The van der Waals surface area contributed by atoms with Gasteiger partial charge in [0.1, 0.15) is 5.82 Å². The highest BCUT2D eigenvalue weighted by molar-refractivity contribution is 5.95. The Morgan fingerprint density at radius 3 is 2.64 bits per heavy atom. The maximum Gasteiger partial charge on any atom is 0.257 e. The van der Waals surface area contributed by atoms with Crippen molar-refractivity contribution in [2.45, 2.75) is 25.8 Å². The van der Waals surface area contributed by atoms with Crippen molar-refractivity contribution in [2.24, 2.45) is 5.92 Å². The van der Waals surface area contributed by atoms with Gasteiger partial charge in [-0.15, -0.1) is 0 Å². The standard InChI is InChI=1S/C19H21FN4O/c1-13-10-21-19(22-11-13)23-8-6-14-7-9-24(17(14)12-23)18(25)15-4-2-3-5-16(15)20/h2-5,10-11,14,17H,6-9,12H2,1H3. The largest absolute Gasteiger partial charge is 0.339 e. The van der Waals surface area contributed by atoms with Crippen LogP contribution in [0.15, 0.2) is 36.7 Å². The Bertz CT molecular complexity index is 779. The van der Waals surface area contributed by atoms with Crippen LogP contribution in [0.2, 0.25) is 0 Å².